The average Bonchev–Trinajstić information content (AvgIpc) is 2.38. The van der Waals surface area contributed by atoms with E-state index in [4.69, 9.17) is 0 Å². The van der Waals surface area contributed by atoms with Crippen LogP contribution in [-0.2, 0) is 17.6 Å². The molecule has 0 aliphatic rings. The van der Waals surface area contributed by atoms with E-state index in [-0.39, 0.29) is 5.78 Å². The lowest BCUT2D eigenvalue weighted by Gasteiger charge is -2.11. The van der Waals surface area contributed by atoms with Crippen LogP contribution in [0.5, 0.6) is 0 Å². The summed E-state index contributed by atoms with van der Waals surface area (Å²) in [6.45, 7) is 10.5. The maximum Gasteiger partial charge on any atom is 0.141 e. The first kappa shape index (κ1) is 15.5. The van der Waals surface area contributed by atoms with Crippen LogP contribution in [0.4, 0.5) is 0 Å². The number of Topliss-reactive ketones (excluding diaryl/α,β-unsaturated/α-hetero) is 1. The minimum atomic E-state index is 0.285. The van der Waals surface area contributed by atoms with Gasteiger partial charge < -0.3 is 0 Å². The second kappa shape index (κ2) is 6.26. The molecule has 1 heteroatoms. The lowest BCUT2D eigenvalue weighted by Crippen LogP contribution is -2.09. The van der Waals surface area contributed by atoms with E-state index in [0.29, 0.717) is 12.8 Å². The second-order valence-electron chi connectivity index (χ2n) is 6.19. The van der Waals surface area contributed by atoms with Gasteiger partial charge >= 0.3 is 0 Å². The summed E-state index contributed by atoms with van der Waals surface area (Å²) in [4.78, 5) is 12.4. The summed E-state index contributed by atoms with van der Waals surface area (Å²) in [7, 11) is 0. The van der Waals surface area contributed by atoms with E-state index in [1.165, 1.54) is 33.4 Å². The number of rotatable bonds is 4. The normalized spacial score (nSPS) is 10.7. The SMILES string of the molecule is Cc1cc(C)c(CC(=O)Cc2ccc(C)c(C)c2)c(C)c1. The Morgan fingerprint density at radius 3 is 1.95 bits per heavy atom. The number of hydrogen-bond acceptors (Lipinski definition) is 1. The maximum atomic E-state index is 12.4. The van der Waals surface area contributed by atoms with Crippen LogP contribution >= 0.6 is 0 Å². The van der Waals surface area contributed by atoms with E-state index in [1.807, 2.05) is 0 Å². The number of benzene rings is 2. The van der Waals surface area contributed by atoms with Crippen LogP contribution in [0, 0.1) is 34.6 Å². The van der Waals surface area contributed by atoms with Crippen LogP contribution in [0.1, 0.15) is 38.9 Å². The highest BCUT2D eigenvalue weighted by molar-refractivity contribution is 5.83. The number of hydrogen-bond donors (Lipinski definition) is 0. The number of carbonyl (C=O) groups is 1. The molecule has 0 spiro atoms. The molecule has 2 aromatic carbocycles. The number of aryl methyl sites for hydroxylation is 5. The maximum absolute atomic E-state index is 12.4. The summed E-state index contributed by atoms with van der Waals surface area (Å²) in [6, 6.07) is 10.6. The highest BCUT2D eigenvalue weighted by atomic mass is 16.1. The molecule has 0 N–H and O–H groups in total. The highest BCUT2D eigenvalue weighted by Crippen LogP contribution is 2.18. The van der Waals surface area contributed by atoms with Gasteiger partial charge in [-0.3, -0.25) is 4.79 Å². The Bertz CT molecular complexity index is 657. The molecule has 0 atom stereocenters. The van der Waals surface area contributed by atoms with Gasteiger partial charge in [0.05, 0.1) is 0 Å². The van der Waals surface area contributed by atoms with Crippen molar-refractivity contribution in [1.82, 2.24) is 0 Å². The fourth-order valence-electron chi connectivity index (χ4n) is 2.89. The van der Waals surface area contributed by atoms with Crippen molar-refractivity contribution < 1.29 is 4.79 Å². The van der Waals surface area contributed by atoms with Crippen molar-refractivity contribution in [2.75, 3.05) is 0 Å². The molecule has 0 fully saturated rings. The van der Waals surface area contributed by atoms with E-state index in [2.05, 4.69) is 65.0 Å². The molecule has 0 saturated carbocycles. The van der Waals surface area contributed by atoms with Crippen molar-refractivity contribution >= 4 is 5.78 Å². The van der Waals surface area contributed by atoms with Crippen LogP contribution in [0.15, 0.2) is 30.3 Å². The van der Waals surface area contributed by atoms with Crippen molar-refractivity contribution in [1.29, 1.82) is 0 Å². The van der Waals surface area contributed by atoms with Gasteiger partial charge in [0.1, 0.15) is 5.78 Å². The summed E-state index contributed by atoms with van der Waals surface area (Å²) in [5, 5.41) is 0. The van der Waals surface area contributed by atoms with Crippen molar-refractivity contribution in [2.45, 2.75) is 47.5 Å². The molecule has 0 aliphatic heterocycles. The first-order valence-corrected chi connectivity index (χ1v) is 7.51. The Hall–Kier alpha value is -1.89. The van der Waals surface area contributed by atoms with Gasteiger partial charge in [-0.15, -0.1) is 0 Å². The van der Waals surface area contributed by atoms with Crippen LogP contribution in [0.25, 0.3) is 0 Å². The largest absolute Gasteiger partial charge is 0.299 e. The fraction of sp³-hybridized carbons (Fsp3) is 0.350. The predicted molar refractivity (Wildman–Crippen MR) is 89.0 cm³/mol. The topological polar surface area (TPSA) is 17.1 Å². The van der Waals surface area contributed by atoms with Gasteiger partial charge in [-0.2, -0.15) is 0 Å². The van der Waals surface area contributed by atoms with Crippen molar-refractivity contribution in [3.05, 3.63) is 69.3 Å². The average molecular weight is 280 g/mol. The second-order valence-corrected chi connectivity index (χ2v) is 6.19. The zero-order valence-corrected chi connectivity index (χ0v) is 13.7. The Morgan fingerprint density at radius 1 is 0.762 bits per heavy atom. The molecule has 0 aliphatic carbocycles. The molecule has 0 aromatic heterocycles. The smallest absolute Gasteiger partial charge is 0.141 e. The third-order valence-electron chi connectivity index (χ3n) is 4.19. The summed E-state index contributed by atoms with van der Waals surface area (Å²) < 4.78 is 0. The first-order valence-electron chi connectivity index (χ1n) is 7.51. The van der Waals surface area contributed by atoms with Crippen molar-refractivity contribution in [2.24, 2.45) is 0 Å². The Balaban J connectivity index is 2.13. The first-order chi connectivity index (χ1) is 9.86. The lowest BCUT2D eigenvalue weighted by molar-refractivity contribution is -0.117. The Kier molecular flexibility index (Phi) is 4.62. The molecule has 21 heavy (non-hydrogen) atoms. The molecule has 2 rings (SSSR count). The zero-order chi connectivity index (χ0) is 15.6. The highest BCUT2D eigenvalue weighted by Gasteiger charge is 2.10. The molecule has 2 aromatic rings. The van der Waals surface area contributed by atoms with Crippen LogP contribution in [0.3, 0.4) is 0 Å². The van der Waals surface area contributed by atoms with E-state index in [0.717, 1.165) is 5.56 Å². The number of ketones is 1. The van der Waals surface area contributed by atoms with Crippen LogP contribution in [-0.4, -0.2) is 5.78 Å². The van der Waals surface area contributed by atoms with Gasteiger partial charge in [-0.1, -0.05) is 35.9 Å². The molecule has 0 bridgehead atoms. The third-order valence-corrected chi connectivity index (χ3v) is 4.19. The van der Waals surface area contributed by atoms with Crippen LogP contribution < -0.4 is 0 Å². The van der Waals surface area contributed by atoms with E-state index in [9.17, 15) is 4.79 Å². The molecule has 0 radical (unpaired) electrons. The van der Waals surface area contributed by atoms with Gasteiger partial charge in [0, 0.05) is 12.8 Å². The molecule has 1 nitrogen and oxygen atoms in total. The molecular weight excluding hydrogens is 256 g/mol. The predicted octanol–water partition coefficient (Wildman–Crippen LogP) is 4.58. The summed E-state index contributed by atoms with van der Waals surface area (Å²) in [6.07, 6.45) is 1.05. The molecule has 0 unspecified atom stereocenters. The summed E-state index contributed by atoms with van der Waals surface area (Å²) in [5.74, 6) is 0.285. The standard InChI is InChI=1S/C20H24O/c1-13-8-16(4)20(17(5)9-13)12-19(21)11-18-7-6-14(2)15(3)10-18/h6-10H,11-12H2,1-5H3. The fourth-order valence-corrected chi connectivity index (χ4v) is 2.89. The summed E-state index contributed by atoms with van der Waals surface area (Å²) >= 11 is 0. The quantitative estimate of drug-likeness (QED) is 0.801. The third kappa shape index (κ3) is 3.81. The molecule has 110 valence electrons. The molecule has 0 heterocycles. The van der Waals surface area contributed by atoms with Crippen molar-refractivity contribution in [3.8, 4) is 0 Å². The van der Waals surface area contributed by atoms with E-state index >= 15 is 0 Å². The molecule has 0 amide bonds. The van der Waals surface area contributed by atoms with Gasteiger partial charge in [0.15, 0.2) is 0 Å². The van der Waals surface area contributed by atoms with Crippen molar-refractivity contribution in [3.63, 3.8) is 0 Å². The number of carbonyl (C=O) groups excluding carboxylic acids is 1. The van der Waals surface area contributed by atoms with Crippen LogP contribution in [0.2, 0.25) is 0 Å². The monoisotopic (exact) mass is 280 g/mol. The van der Waals surface area contributed by atoms with Gasteiger partial charge in [-0.25, -0.2) is 0 Å². The van der Waals surface area contributed by atoms with E-state index in [1.54, 1.807) is 0 Å². The Labute approximate surface area is 128 Å². The van der Waals surface area contributed by atoms with Gasteiger partial charge in [0.25, 0.3) is 0 Å². The van der Waals surface area contributed by atoms with Gasteiger partial charge in [-0.05, 0) is 68.0 Å². The minimum Gasteiger partial charge on any atom is -0.299 e. The lowest BCUT2D eigenvalue weighted by atomic mass is 9.93. The zero-order valence-electron chi connectivity index (χ0n) is 13.7. The van der Waals surface area contributed by atoms with E-state index < -0.39 is 0 Å². The Morgan fingerprint density at radius 2 is 1.38 bits per heavy atom. The van der Waals surface area contributed by atoms with Gasteiger partial charge in [0.2, 0.25) is 0 Å². The molecule has 0 saturated heterocycles. The molecular formula is C20H24O. The minimum absolute atomic E-state index is 0.285. The summed E-state index contributed by atoms with van der Waals surface area (Å²) in [5.41, 5.74) is 8.54.